The number of aryl methyl sites for hydroxylation is 1. The number of nitrogens with zero attached hydrogens (tertiary/aromatic N) is 4. The Hall–Kier alpha value is -3.58. The highest BCUT2D eigenvalue weighted by Gasteiger charge is 2.41. The van der Waals surface area contributed by atoms with Gasteiger partial charge in [-0.05, 0) is 79.7 Å². The standard InChI is InChI=1S/C26H24FN5S/c1-17-13-22(18(2)32(17)21-9-5-8-20(27)14-21)25-24(23-10-3-4-12-29-23)30-26(33)31(25)16-19-7-6-11-28-15-19/h3-15,24-25H,16H2,1-2H3,(H,30,33)/t24-,25+/m1/s1. The minimum Gasteiger partial charge on any atom is -0.352 e. The largest absolute Gasteiger partial charge is 0.352 e. The van der Waals surface area contributed by atoms with Gasteiger partial charge in [-0.25, -0.2) is 4.39 Å². The van der Waals surface area contributed by atoms with E-state index >= 15 is 0 Å². The second-order valence-corrected chi connectivity index (χ2v) is 8.64. The molecule has 0 unspecified atom stereocenters. The summed E-state index contributed by atoms with van der Waals surface area (Å²) in [6.45, 7) is 4.74. The van der Waals surface area contributed by atoms with Gasteiger partial charge < -0.3 is 14.8 Å². The average Bonchev–Trinajstić information content (AvgIpc) is 3.30. The summed E-state index contributed by atoms with van der Waals surface area (Å²) in [6, 6.07) is 18.6. The third kappa shape index (κ3) is 4.00. The van der Waals surface area contributed by atoms with Crippen LogP contribution < -0.4 is 5.32 Å². The van der Waals surface area contributed by atoms with Crippen molar-refractivity contribution < 1.29 is 4.39 Å². The second kappa shape index (κ2) is 8.75. The van der Waals surface area contributed by atoms with Crippen LogP contribution in [0.25, 0.3) is 5.69 Å². The van der Waals surface area contributed by atoms with Crippen molar-refractivity contribution in [3.63, 3.8) is 0 Å². The molecule has 1 aliphatic heterocycles. The summed E-state index contributed by atoms with van der Waals surface area (Å²) in [7, 11) is 0. The van der Waals surface area contributed by atoms with Crippen LogP contribution in [0.4, 0.5) is 4.39 Å². The Kier molecular flexibility index (Phi) is 5.64. The average molecular weight is 458 g/mol. The number of thiocarbonyl (C=S) groups is 1. The van der Waals surface area contributed by atoms with Crippen molar-refractivity contribution in [3.05, 3.63) is 113 Å². The molecule has 0 bridgehead atoms. The molecule has 166 valence electrons. The molecule has 0 saturated carbocycles. The van der Waals surface area contributed by atoms with E-state index in [0.717, 1.165) is 33.9 Å². The molecule has 1 aromatic carbocycles. The summed E-state index contributed by atoms with van der Waals surface area (Å²) in [5.74, 6) is -0.255. The zero-order valence-electron chi connectivity index (χ0n) is 18.4. The highest BCUT2D eigenvalue weighted by Crippen LogP contribution is 2.42. The van der Waals surface area contributed by atoms with E-state index in [-0.39, 0.29) is 17.9 Å². The molecule has 0 spiro atoms. The monoisotopic (exact) mass is 457 g/mol. The fraction of sp³-hybridized carbons (Fsp3) is 0.192. The van der Waals surface area contributed by atoms with Gasteiger partial charge in [-0.15, -0.1) is 0 Å². The van der Waals surface area contributed by atoms with Gasteiger partial charge in [0.25, 0.3) is 0 Å². The summed E-state index contributed by atoms with van der Waals surface area (Å²) in [4.78, 5) is 11.1. The van der Waals surface area contributed by atoms with Crippen molar-refractivity contribution in [2.24, 2.45) is 0 Å². The third-order valence-electron chi connectivity index (χ3n) is 6.13. The lowest BCUT2D eigenvalue weighted by Crippen LogP contribution is -2.29. The van der Waals surface area contributed by atoms with Gasteiger partial charge in [-0.1, -0.05) is 18.2 Å². The zero-order valence-corrected chi connectivity index (χ0v) is 19.3. The number of pyridine rings is 2. The van der Waals surface area contributed by atoms with Crippen LogP contribution in [-0.2, 0) is 6.54 Å². The topological polar surface area (TPSA) is 46.0 Å². The first-order valence-corrected chi connectivity index (χ1v) is 11.3. The first kappa shape index (κ1) is 21.3. The number of halogens is 1. The van der Waals surface area contributed by atoms with Gasteiger partial charge in [0.05, 0.1) is 17.8 Å². The van der Waals surface area contributed by atoms with E-state index in [2.05, 4.69) is 43.8 Å². The number of benzene rings is 1. The summed E-state index contributed by atoms with van der Waals surface area (Å²) >= 11 is 5.80. The molecular weight excluding hydrogens is 433 g/mol. The Labute approximate surface area is 197 Å². The number of aromatic nitrogens is 3. The number of hydrogen-bond acceptors (Lipinski definition) is 3. The van der Waals surface area contributed by atoms with E-state index in [9.17, 15) is 4.39 Å². The van der Waals surface area contributed by atoms with Crippen molar-refractivity contribution in [1.82, 2.24) is 24.8 Å². The normalized spacial score (nSPS) is 17.9. The minimum absolute atomic E-state index is 0.0823. The van der Waals surface area contributed by atoms with Gasteiger partial charge in [-0.2, -0.15) is 0 Å². The lowest BCUT2D eigenvalue weighted by atomic mass is 9.96. The maximum atomic E-state index is 14.0. The molecule has 5 nitrogen and oxygen atoms in total. The lowest BCUT2D eigenvalue weighted by Gasteiger charge is -2.28. The first-order chi connectivity index (χ1) is 16.0. The van der Waals surface area contributed by atoms with Gasteiger partial charge in [0.2, 0.25) is 0 Å². The number of rotatable bonds is 5. The van der Waals surface area contributed by atoms with E-state index < -0.39 is 0 Å². The van der Waals surface area contributed by atoms with Gasteiger partial charge in [0, 0.05) is 42.2 Å². The fourth-order valence-corrected chi connectivity index (χ4v) is 5.01. The summed E-state index contributed by atoms with van der Waals surface area (Å²) in [5, 5.41) is 4.18. The molecule has 1 aliphatic rings. The molecular formula is C26H24FN5S. The van der Waals surface area contributed by atoms with E-state index in [0.29, 0.717) is 11.7 Å². The molecule has 5 rings (SSSR count). The van der Waals surface area contributed by atoms with Gasteiger partial charge >= 0.3 is 0 Å². The van der Waals surface area contributed by atoms with Crippen LogP contribution >= 0.6 is 12.2 Å². The van der Waals surface area contributed by atoms with Gasteiger partial charge in [-0.3, -0.25) is 9.97 Å². The van der Waals surface area contributed by atoms with Crippen molar-refractivity contribution in [2.75, 3.05) is 0 Å². The fourth-order valence-electron chi connectivity index (χ4n) is 4.70. The maximum absolute atomic E-state index is 14.0. The second-order valence-electron chi connectivity index (χ2n) is 8.26. The smallest absolute Gasteiger partial charge is 0.170 e. The van der Waals surface area contributed by atoms with Crippen LogP contribution in [0.3, 0.4) is 0 Å². The Morgan fingerprint density at radius 2 is 1.91 bits per heavy atom. The van der Waals surface area contributed by atoms with Crippen LogP contribution in [0.5, 0.6) is 0 Å². The molecule has 33 heavy (non-hydrogen) atoms. The van der Waals surface area contributed by atoms with Crippen LogP contribution in [0.15, 0.2) is 79.3 Å². The van der Waals surface area contributed by atoms with Crippen LogP contribution in [0.1, 0.15) is 40.3 Å². The molecule has 0 amide bonds. The molecule has 7 heteroatoms. The van der Waals surface area contributed by atoms with Gasteiger partial charge in [0.1, 0.15) is 5.82 Å². The Morgan fingerprint density at radius 1 is 1.03 bits per heavy atom. The zero-order chi connectivity index (χ0) is 22.9. The van der Waals surface area contributed by atoms with Crippen LogP contribution in [0.2, 0.25) is 0 Å². The predicted molar refractivity (Wildman–Crippen MR) is 130 cm³/mol. The van der Waals surface area contributed by atoms with E-state index in [4.69, 9.17) is 12.2 Å². The number of nitrogens with one attached hydrogen (secondary N) is 1. The maximum Gasteiger partial charge on any atom is 0.170 e. The molecule has 0 aliphatic carbocycles. The summed E-state index contributed by atoms with van der Waals surface area (Å²) in [5.41, 5.74) is 6.02. The molecule has 1 saturated heterocycles. The van der Waals surface area contributed by atoms with Crippen molar-refractivity contribution in [2.45, 2.75) is 32.5 Å². The molecule has 3 aromatic heterocycles. The Bertz CT molecular complexity index is 1290. The van der Waals surface area contributed by atoms with E-state index in [1.807, 2.05) is 43.5 Å². The van der Waals surface area contributed by atoms with Crippen molar-refractivity contribution >= 4 is 17.3 Å². The lowest BCUT2D eigenvalue weighted by molar-refractivity contribution is 0.310. The first-order valence-electron chi connectivity index (χ1n) is 10.8. The van der Waals surface area contributed by atoms with Crippen LogP contribution in [0, 0.1) is 19.7 Å². The highest BCUT2D eigenvalue weighted by atomic mass is 32.1. The summed E-state index contributed by atoms with van der Waals surface area (Å²) in [6.07, 6.45) is 5.44. The molecule has 4 heterocycles. The van der Waals surface area contributed by atoms with Crippen molar-refractivity contribution in [1.29, 1.82) is 0 Å². The minimum atomic E-state index is -0.255. The van der Waals surface area contributed by atoms with Gasteiger partial charge in [0.15, 0.2) is 5.11 Å². The highest BCUT2D eigenvalue weighted by molar-refractivity contribution is 7.80. The van der Waals surface area contributed by atoms with E-state index in [1.165, 1.54) is 6.07 Å². The predicted octanol–water partition coefficient (Wildman–Crippen LogP) is 5.20. The molecule has 0 radical (unpaired) electrons. The molecule has 1 N–H and O–H groups in total. The quantitative estimate of drug-likeness (QED) is 0.418. The van der Waals surface area contributed by atoms with E-state index in [1.54, 1.807) is 24.5 Å². The molecule has 1 fully saturated rings. The SMILES string of the molecule is Cc1cc([C@H]2[C@@H](c3ccccn3)NC(=S)N2Cc2cccnc2)c(C)n1-c1cccc(F)c1. The Balaban J connectivity index is 1.62. The van der Waals surface area contributed by atoms with Crippen molar-refractivity contribution in [3.8, 4) is 5.69 Å². The summed E-state index contributed by atoms with van der Waals surface area (Å²) < 4.78 is 16.1. The molecule has 4 aromatic rings. The molecule has 2 atom stereocenters. The third-order valence-corrected chi connectivity index (χ3v) is 6.48. The number of hydrogen-bond donors (Lipinski definition) is 1. The Morgan fingerprint density at radius 3 is 2.64 bits per heavy atom. The van der Waals surface area contributed by atoms with Crippen LogP contribution in [-0.4, -0.2) is 24.5 Å².